The summed E-state index contributed by atoms with van der Waals surface area (Å²) in [5.41, 5.74) is 7.64. The van der Waals surface area contributed by atoms with E-state index in [9.17, 15) is 47.4 Å². The van der Waals surface area contributed by atoms with Crippen molar-refractivity contribution in [1.29, 1.82) is 0 Å². The Kier molecular flexibility index (Phi) is 22.9. The van der Waals surface area contributed by atoms with Gasteiger partial charge in [0.25, 0.3) is 0 Å². The van der Waals surface area contributed by atoms with E-state index in [0.717, 1.165) is 0 Å². The number of nitrogens with one attached hydrogen (secondary N) is 8. The van der Waals surface area contributed by atoms with Crippen molar-refractivity contribution in [1.82, 2.24) is 46.8 Å². The summed E-state index contributed by atoms with van der Waals surface area (Å²) in [6.07, 6.45) is 2.77. The molecule has 27 heteroatoms. The fraction of sp³-hybridized carbons (Fsp3) is 0.391. The number of carboxylic acid groups (broad SMARTS) is 1. The van der Waals surface area contributed by atoms with Crippen LogP contribution in [-0.4, -0.2) is 154 Å². The molecule has 6 heterocycles. The number of Topliss-reactive ketones (excluding diaryl/α,β-unsaturated/α-hetero) is 2. The number of hydrogen-bond donors (Lipinski definition) is 10. The summed E-state index contributed by atoms with van der Waals surface area (Å²) in [7, 11) is 1.47. The van der Waals surface area contributed by atoms with Gasteiger partial charge >= 0.3 is 5.97 Å². The molecule has 11 N–H and O–H groups in total. The highest BCUT2D eigenvalue weighted by Crippen LogP contribution is 2.33. The number of aromatic nitrogens is 2. The van der Waals surface area contributed by atoms with Gasteiger partial charge in [-0.05, 0) is 128 Å². The molecule has 0 unspecified atom stereocenters. The van der Waals surface area contributed by atoms with E-state index in [1.807, 2.05) is 0 Å². The van der Waals surface area contributed by atoms with Crippen LogP contribution in [0.25, 0.3) is 21.8 Å². The summed E-state index contributed by atoms with van der Waals surface area (Å²) in [6.45, 7) is 2.97. The van der Waals surface area contributed by atoms with Gasteiger partial charge in [0.2, 0.25) is 47.3 Å². The fourth-order valence-electron chi connectivity index (χ4n) is 12.3. The van der Waals surface area contributed by atoms with E-state index >= 15 is 19.2 Å². The number of aromatic amines is 2. The lowest BCUT2D eigenvalue weighted by atomic mass is 9.87. The Hall–Kier alpha value is -10.6. The van der Waals surface area contributed by atoms with Crippen molar-refractivity contribution in [2.75, 3.05) is 26.8 Å². The molecule has 10 rings (SSSR count). The summed E-state index contributed by atoms with van der Waals surface area (Å²) in [4.78, 5) is 168. The van der Waals surface area contributed by atoms with Crippen LogP contribution in [0, 0.1) is 23.5 Å². The number of nitrogens with zero attached hydrogens (tertiary/aromatic N) is 2. The fourth-order valence-corrected chi connectivity index (χ4v) is 12.3. The van der Waals surface area contributed by atoms with Crippen molar-refractivity contribution in [2.45, 2.75) is 133 Å². The number of aliphatic imine (C=N–C) groups is 1. The maximum Gasteiger partial charge on any atom is 0.305 e. The number of hydrogen-bond acceptors (Lipinski definition) is 14. The van der Waals surface area contributed by atoms with Crippen molar-refractivity contribution in [3.63, 3.8) is 0 Å². The highest BCUT2D eigenvalue weighted by Gasteiger charge is 2.49. The first-order chi connectivity index (χ1) is 45.9. The molecule has 0 radical (unpaired) electrons. The first-order valence-electron chi connectivity index (χ1n) is 31.6. The molecule has 4 aliphatic rings. The number of rotatable bonds is 12. The number of methoxy groups -OCH3 is 1. The Morgan fingerprint density at radius 2 is 1.31 bits per heavy atom. The van der Waals surface area contributed by atoms with E-state index in [0.29, 0.717) is 67.6 Å². The molecule has 96 heavy (non-hydrogen) atoms. The third-order valence-corrected chi connectivity index (χ3v) is 17.7. The van der Waals surface area contributed by atoms with Crippen LogP contribution in [0.15, 0.2) is 114 Å². The molecule has 4 aliphatic heterocycles. The number of carbonyl (C=O) groups excluding carboxylic acids is 10. The van der Waals surface area contributed by atoms with Crippen LogP contribution in [-0.2, 0) is 78.4 Å². The summed E-state index contributed by atoms with van der Waals surface area (Å²) < 4.78 is 40.9. The monoisotopic (exact) mass is 1320 g/mol. The number of carbonyl (C=O) groups is 11. The number of aliphatic carboxylic acids is 1. The third-order valence-electron chi connectivity index (χ3n) is 17.7. The van der Waals surface area contributed by atoms with Gasteiger partial charge < -0.3 is 67.1 Å². The predicted molar refractivity (Wildman–Crippen MR) is 347 cm³/mol. The van der Waals surface area contributed by atoms with E-state index in [1.54, 1.807) is 54.7 Å². The summed E-state index contributed by atoms with van der Waals surface area (Å²) in [5.74, 6) is -12.7. The lowest BCUT2D eigenvalue weighted by Crippen LogP contribution is -2.62. The van der Waals surface area contributed by atoms with Crippen molar-refractivity contribution >= 4 is 92.8 Å². The Morgan fingerprint density at radius 3 is 1.93 bits per heavy atom. The van der Waals surface area contributed by atoms with E-state index in [1.165, 1.54) is 80.8 Å². The number of ketones is 2. The normalized spacial score (nSPS) is 23.7. The van der Waals surface area contributed by atoms with Crippen LogP contribution in [0.2, 0.25) is 0 Å². The molecule has 4 aromatic carbocycles. The molecule has 2 bridgehead atoms. The molecule has 25 nitrogen and oxygen atoms in total. The zero-order valence-corrected chi connectivity index (χ0v) is 53.2. The minimum Gasteiger partial charge on any atom is -0.497 e. The first kappa shape index (κ1) is 69.7. The van der Waals surface area contributed by atoms with Crippen molar-refractivity contribution < 1.29 is 76.1 Å². The second kappa shape index (κ2) is 31.6. The van der Waals surface area contributed by atoms with Gasteiger partial charge in [-0.15, -0.1) is 0 Å². The van der Waals surface area contributed by atoms with Crippen LogP contribution in [0.4, 0.5) is 8.78 Å². The number of H-pyrrole nitrogens is 2. The molecular formula is C69H77F2N11O14. The largest absolute Gasteiger partial charge is 0.497 e. The third kappa shape index (κ3) is 18.0. The number of nitrogens with two attached hydrogens (primary N) is 1. The summed E-state index contributed by atoms with van der Waals surface area (Å²) in [5, 5.41) is 27.1. The molecule has 0 saturated carbocycles. The number of allylic oxidation sites excluding steroid dienone is 1. The topological polar surface area (TPSA) is 372 Å². The van der Waals surface area contributed by atoms with Gasteiger partial charge in [-0.25, -0.2) is 8.78 Å². The van der Waals surface area contributed by atoms with Crippen molar-refractivity contribution in [3.05, 3.63) is 143 Å². The molecule has 0 aliphatic carbocycles. The molecular weight excluding hydrogens is 1240 g/mol. The lowest BCUT2D eigenvalue weighted by Gasteiger charge is -2.37. The molecule has 8 amide bonds. The number of amides is 8. The summed E-state index contributed by atoms with van der Waals surface area (Å²) >= 11 is 0. The Labute approximate surface area is 550 Å². The van der Waals surface area contributed by atoms with Crippen molar-refractivity contribution in [2.24, 2.45) is 22.6 Å². The number of benzene rings is 4. The zero-order chi connectivity index (χ0) is 68.8. The highest BCUT2D eigenvalue weighted by atomic mass is 19.1. The Morgan fingerprint density at radius 1 is 0.708 bits per heavy atom. The lowest BCUT2D eigenvalue weighted by molar-refractivity contribution is -0.147. The minimum atomic E-state index is -1.86. The highest BCUT2D eigenvalue weighted by molar-refractivity contribution is 6.00. The average Bonchev–Trinajstić information content (AvgIpc) is 1.59. The molecule has 506 valence electrons. The predicted octanol–water partition coefficient (Wildman–Crippen LogP) is 4.18. The second-order valence-corrected chi connectivity index (χ2v) is 24.6. The molecule has 6 aromatic rings. The van der Waals surface area contributed by atoms with Gasteiger partial charge in [0.1, 0.15) is 53.4 Å². The quantitative estimate of drug-likeness (QED) is 0.0822. The number of primary amides is 1. The number of ether oxygens (including phenoxy) is 2. The molecule has 0 spiro atoms. The number of halogens is 2. The van der Waals surface area contributed by atoms with Gasteiger partial charge in [0.05, 0.1) is 32.2 Å². The zero-order valence-electron chi connectivity index (χ0n) is 53.2. The Balaban J connectivity index is 1.06. The maximum absolute atomic E-state index is 15.3. The Bertz CT molecular complexity index is 4000. The maximum atomic E-state index is 15.3. The van der Waals surface area contributed by atoms with Crippen molar-refractivity contribution in [3.8, 4) is 11.5 Å². The molecule has 2 aromatic heterocycles. The second-order valence-electron chi connectivity index (χ2n) is 24.6. The molecule has 8 atom stereocenters. The van der Waals surface area contributed by atoms with E-state index in [-0.39, 0.29) is 77.5 Å². The van der Waals surface area contributed by atoms with Crippen LogP contribution >= 0.6 is 0 Å². The summed E-state index contributed by atoms with van der Waals surface area (Å²) in [6, 6.07) is 13.6. The smallest absolute Gasteiger partial charge is 0.305 e. The van der Waals surface area contributed by atoms with Crippen LogP contribution in [0.5, 0.6) is 11.5 Å². The van der Waals surface area contributed by atoms with Gasteiger partial charge in [0, 0.05) is 116 Å². The van der Waals surface area contributed by atoms with Crippen LogP contribution in [0.3, 0.4) is 0 Å². The SMILES string of the molecule is COc1ccc(C[C@@H]2NC(=O)[C@H](CC3=CN=CC3)CC(=O)[C@H](CC(=O)O)NC(=O)[C@H](Cc3c[nH]c4ccc(F)cc34)CC(=O)[C@H](Cc3c[nH]c4ccc(F)cc34)NC(=O)[C@@H](C)NC(=O)CCC(=O)NCCOc3ccc(cc3)C[C@@H](C(N)=O)NC(=O)[C@]3(C)CCCN3C2=O)cc1. The van der Waals surface area contributed by atoms with E-state index < -0.39 is 143 Å². The molecule has 1 fully saturated rings. The van der Waals surface area contributed by atoms with Crippen LogP contribution < -0.4 is 47.1 Å². The van der Waals surface area contributed by atoms with Gasteiger partial charge in [-0.3, -0.25) is 57.7 Å². The van der Waals surface area contributed by atoms with E-state index in [2.05, 4.69) is 46.9 Å². The van der Waals surface area contributed by atoms with Gasteiger partial charge in [0.15, 0.2) is 11.6 Å². The van der Waals surface area contributed by atoms with Gasteiger partial charge in [-0.2, -0.15) is 0 Å². The van der Waals surface area contributed by atoms with E-state index in [4.69, 9.17) is 15.2 Å². The average molecular weight is 1320 g/mol. The first-order valence-corrected chi connectivity index (χ1v) is 31.6. The number of fused-ring (bicyclic) bond motifs is 32. The standard InChI is InChI=1S/C69H77F2N11O14/c1-38-64(90)78-54(29-45-37-76-53-16-10-47(71)33-51(45)53)58(83)31-43(28-44-36-75-52-15-9-46(70)32-50(44)52)66(92)79-55(34-62(87)88)59(84)30-42(25-41-19-21-73-35-41)65(91)80-57(27-40-5-11-48(95-3)12-6-40)67(93)82-23-4-20-69(82,2)68(94)81-56(63(72)89)26-39-7-13-49(14-8-39)96-24-22-74-60(85)17-18-61(86)77-38/h5-16,21,32-33,35-38,42-43,54-57,75-76H,4,17-20,22-31,34H2,1-3H3,(H2,72,89)(H,74,85)(H,77,86)(H,78,90)(H,79,92)(H,80,91)(H,81,94)(H,87,88)/t38-,42-,43-,54+,55+,56+,57+,69+/m1/s1. The number of carboxylic acids is 1. The van der Waals surface area contributed by atoms with Crippen LogP contribution in [0.1, 0.15) is 93.9 Å². The minimum absolute atomic E-state index is 0.00784. The van der Waals surface area contributed by atoms with Gasteiger partial charge in [-0.1, -0.05) is 24.3 Å². The molecule has 1 saturated heterocycles.